The number of hydrogen-bond acceptors (Lipinski definition) is 3. The number of hydrogen-bond donors (Lipinski definition) is 3. The molecule has 1 rings (SSSR count). The highest BCUT2D eigenvalue weighted by Crippen LogP contribution is 2.28. The summed E-state index contributed by atoms with van der Waals surface area (Å²) in [4.78, 5) is 0. The van der Waals surface area contributed by atoms with Crippen molar-refractivity contribution in [1.29, 1.82) is 0 Å². The average molecular weight is 257 g/mol. The third kappa shape index (κ3) is 5.25. The van der Waals surface area contributed by atoms with E-state index in [-0.39, 0.29) is 6.04 Å². The molecule has 0 aromatic heterocycles. The van der Waals surface area contributed by atoms with E-state index in [1.54, 1.807) is 0 Å². The van der Waals surface area contributed by atoms with Crippen molar-refractivity contribution in [2.75, 3.05) is 7.05 Å². The zero-order valence-corrected chi connectivity index (χ0v) is 12.2. The molecular weight excluding hydrogens is 226 g/mol. The maximum absolute atomic E-state index is 10.2. The molecular formula is C15H31NO2. The van der Waals surface area contributed by atoms with Gasteiger partial charge in [0.15, 0.2) is 0 Å². The minimum absolute atomic E-state index is 0.0295. The van der Waals surface area contributed by atoms with Crippen LogP contribution in [-0.4, -0.2) is 35.5 Å². The summed E-state index contributed by atoms with van der Waals surface area (Å²) < 4.78 is 0. The molecule has 0 heterocycles. The molecule has 1 fully saturated rings. The zero-order chi connectivity index (χ0) is 13.5. The van der Waals surface area contributed by atoms with Gasteiger partial charge in [-0.25, -0.2) is 0 Å². The predicted octanol–water partition coefficient (Wildman–Crippen LogP) is 2.31. The van der Waals surface area contributed by atoms with Crippen LogP contribution in [-0.2, 0) is 0 Å². The fraction of sp³-hybridized carbons (Fsp3) is 1.00. The van der Waals surface area contributed by atoms with Gasteiger partial charge in [-0.05, 0) is 31.7 Å². The Labute approximate surface area is 112 Å². The van der Waals surface area contributed by atoms with Gasteiger partial charge in [0.05, 0.1) is 12.2 Å². The molecule has 3 unspecified atom stereocenters. The summed E-state index contributed by atoms with van der Waals surface area (Å²) >= 11 is 0. The Balaban J connectivity index is 2.42. The molecule has 108 valence electrons. The van der Waals surface area contributed by atoms with E-state index in [1.807, 2.05) is 7.05 Å². The molecule has 1 aliphatic carbocycles. The number of aliphatic hydroxyl groups is 2. The summed E-state index contributed by atoms with van der Waals surface area (Å²) in [5.74, 6) is 1.14. The smallest absolute Gasteiger partial charge is 0.0951 e. The topological polar surface area (TPSA) is 52.5 Å². The van der Waals surface area contributed by atoms with Crippen molar-refractivity contribution < 1.29 is 10.2 Å². The van der Waals surface area contributed by atoms with Gasteiger partial charge in [-0.1, -0.05) is 46.0 Å². The maximum atomic E-state index is 10.2. The van der Waals surface area contributed by atoms with Crippen LogP contribution in [0.2, 0.25) is 0 Å². The first kappa shape index (κ1) is 15.9. The third-order valence-electron chi connectivity index (χ3n) is 4.20. The highest BCUT2D eigenvalue weighted by atomic mass is 16.3. The molecule has 0 amide bonds. The molecule has 0 saturated heterocycles. The van der Waals surface area contributed by atoms with Crippen LogP contribution in [0.25, 0.3) is 0 Å². The summed E-state index contributed by atoms with van der Waals surface area (Å²) in [6.07, 6.45) is 6.99. The summed E-state index contributed by atoms with van der Waals surface area (Å²) in [6.45, 7) is 4.15. The first-order chi connectivity index (χ1) is 8.54. The SMILES string of the molecule is CNC(CC1CCCCC1)C(O)C(O)CC(C)C. The van der Waals surface area contributed by atoms with E-state index < -0.39 is 12.2 Å². The lowest BCUT2D eigenvalue weighted by atomic mass is 9.82. The molecule has 0 radical (unpaired) electrons. The van der Waals surface area contributed by atoms with E-state index in [0.717, 1.165) is 12.3 Å². The number of likely N-dealkylation sites (N-methyl/N-ethyl adjacent to an activating group) is 1. The minimum Gasteiger partial charge on any atom is -0.390 e. The number of aliphatic hydroxyl groups excluding tert-OH is 2. The quantitative estimate of drug-likeness (QED) is 0.656. The summed E-state index contributed by atoms with van der Waals surface area (Å²) in [5.41, 5.74) is 0. The Morgan fingerprint density at radius 3 is 2.22 bits per heavy atom. The molecule has 3 atom stereocenters. The lowest BCUT2D eigenvalue weighted by Crippen LogP contribution is -2.46. The second kappa shape index (κ2) is 8.13. The van der Waals surface area contributed by atoms with Crippen LogP contribution in [0.3, 0.4) is 0 Å². The summed E-state index contributed by atoms with van der Waals surface area (Å²) in [5, 5.41) is 23.5. The van der Waals surface area contributed by atoms with Gasteiger partial charge in [0.2, 0.25) is 0 Å². The van der Waals surface area contributed by atoms with Crippen LogP contribution in [0.4, 0.5) is 0 Å². The third-order valence-corrected chi connectivity index (χ3v) is 4.20. The van der Waals surface area contributed by atoms with Crippen LogP contribution >= 0.6 is 0 Å². The highest BCUT2D eigenvalue weighted by molar-refractivity contribution is 4.84. The minimum atomic E-state index is -0.640. The van der Waals surface area contributed by atoms with Crippen molar-refractivity contribution in [3.8, 4) is 0 Å². The standard InChI is InChI=1S/C15H31NO2/c1-11(2)9-14(17)15(18)13(16-3)10-12-7-5-4-6-8-12/h11-18H,4-10H2,1-3H3. The summed E-state index contributed by atoms with van der Waals surface area (Å²) in [6, 6.07) is 0.0295. The summed E-state index contributed by atoms with van der Waals surface area (Å²) in [7, 11) is 1.89. The first-order valence-electron chi connectivity index (χ1n) is 7.58. The van der Waals surface area contributed by atoms with Gasteiger partial charge in [-0.2, -0.15) is 0 Å². The monoisotopic (exact) mass is 257 g/mol. The second-order valence-corrected chi connectivity index (χ2v) is 6.32. The fourth-order valence-electron chi connectivity index (χ4n) is 3.10. The second-order valence-electron chi connectivity index (χ2n) is 6.32. The van der Waals surface area contributed by atoms with Crippen LogP contribution in [0.1, 0.15) is 58.8 Å². The molecule has 1 aliphatic rings. The predicted molar refractivity (Wildman–Crippen MR) is 75.5 cm³/mol. The van der Waals surface area contributed by atoms with Gasteiger partial charge >= 0.3 is 0 Å². The fourth-order valence-corrected chi connectivity index (χ4v) is 3.10. The van der Waals surface area contributed by atoms with Gasteiger partial charge in [0, 0.05) is 6.04 Å². The van der Waals surface area contributed by atoms with Crippen LogP contribution < -0.4 is 5.32 Å². The zero-order valence-electron chi connectivity index (χ0n) is 12.2. The van der Waals surface area contributed by atoms with Crippen molar-refractivity contribution >= 4 is 0 Å². The van der Waals surface area contributed by atoms with E-state index >= 15 is 0 Å². The molecule has 1 saturated carbocycles. The maximum Gasteiger partial charge on any atom is 0.0951 e. The van der Waals surface area contributed by atoms with Gasteiger partial charge in [0.25, 0.3) is 0 Å². The van der Waals surface area contributed by atoms with E-state index in [2.05, 4.69) is 19.2 Å². The average Bonchev–Trinajstić information content (AvgIpc) is 2.35. The first-order valence-corrected chi connectivity index (χ1v) is 7.58. The highest BCUT2D eigenvalue weighted by Gasteiger charge is 2.28. The molecule has 3 nitrogen and oxygen atoms in total. The molecule has 0 aromatic carbocycles. The largest absolute Gasteiger partial charge is 0.390 e. The van der Waals surface area contributed by atoms with Gasteiger partial charge in [-0.15, -0.1) is 0 Å². The molecule has 0 bridgehead atoms. The van der Waals surface area contributed by atoms with Crippen LogP contribution in [0.5, 0.6) is 0 Å². The molecule has 0 aliphatic heterocycles. The van der Waals surface area contributed by atoms with Crippen LogP contribution in [0, 0.1) is 11.8 Å². The molecule has 3 heteroatoms. The van der Waals surface area contributed by atoms with Crippen molar-refractivity contribution in [3.63, 3.8) is 0 Å². The Kier molecular flexibility index (Phi) is 7.20. The van der Waals surface area contributed by atoms with Gasteiger partial charge in [-0.3, -0.25) is 0 Å². The van der Waals surface area contributed by atoms with Crippen molar-refractivity contribution in [2.45, 2.75) is 77.0 Å². The van der Waals surface area contributed by atoms with E-state index in [4.69, 9.17) is 0 Å². The lowest BCUT2D eigenvalue weighted by Gasteiger charge is -2.31. The number of nitrogens with one attached hydrogen (secondary N) is 1. The van der Waals surface area contributed by atoms with Crippen molar-refractivity contribution in [1.82, 2.24) is 5.32 Å². The van der Waals surface area contributed by atoms with Gasteiger partial charge in [0.1, 0.15) is 0 Å². The molecule has 3 N–H and O–H groups in total. The molecule has 18 heavy (non-hydrogen) atoms. The number of rotatable bonds is 7. The Bertz CT molecular complexity index is 215. The molecule has 0 aromatic rings. The Hall–Kier alpha value is -0.120. The van der Waals surface area contributed by atoms with Crippen molar-refractivity contribution in [2.24, 2.45) is 11.8 Å². The Morgan fingerprint density at radius 2 is 1.72 bits per heavy atom. The molecule has 0 spiro atoms. The lowest BCUT2D eigenvalue weighted by molar-refractivity contribution is -0.0182. The Morgan fingerprint density at radius 1 is 1.11 bits per heavy atom. The normalized spacial score (nSPS) is 23.0. The van der Waals surface area contributed by atoms with Crippen molar-refractivity contribution in [3.05, 3.63) is 0 Å². The van der Waals surface area contributed by atoms with E-state index in [9.17, 15) is 10.2 Å². The van der Waals surface area contributed by atoms with E-state index in [0.29, 0.717) is 12.3 Å². The van der Waals surface area contributed by atoms with Gasteiger partial charge < -0.3 is 15.5 Å². The van der Waals surface area contributed by atoms with Crippen LogP contribution in [0.15, 0.2) is 0 Å². The van der Waals surface area contributed by atoms with E-state index in [1.165, 1.54) is 32.1 Å².